The first-order valence-electron chi connectivity index (χ1n) is 3.33. The zero-order chi connectivity index (χ0) is 10.2. The van der Waals surface area contributed by atoms with E-state index >= 15 is 0 Å². The van der Waals surface area contributed by atoms with E-state index in [-0.39, 0.29) is 5.69 Å². The zero-order valence-electron chi connectivity index (χ0n) is 6.67. The summed E-state index contributed by atoms with van der Waals surface area (Å²) in [6.07, 6.45) is 0. The number of nitrogens with two attached hydrogens (primary N) is 1. The average Bonchev–Trinajstić information content (AvgIpc) is 2.01. The third kappa shape index (κ3) is 1.62. The number of nitro groups is 1. The van der Waals surface area contributed by atoms with Crippen LogP contribution in [0.5, 0.6) is 0 Å². The van der Waals surface area contributed by atoms with Crippen molar-refractivity contribution in [2.24, 2.45) is 0 Å². The van der Waals surface area contributed by atoms with Crippen molar-refractivity contribution in [2.45, 2.75) is 6.92 Å². The van der Waals surface area contributed by atoms with Crippen molar-refractivity contribution < 1.29 is 9.31 Å². The molecule has 2 N–H and O–H groups in total. The minimum Gasteiger partial charge on any atom is -0.391 e. The first kappa shape index (κ1) is 9.91. The molecule has 0 atom stereocenters. The molecule has 0 aromatic heterocycles. The third-order valence-corrected chi connectivity index (χ3v) is 2.49. The number of nitro benzene ring substituents is 1. The van der Waals surface area contributed by atoms with Crippen molar-refractivity contribution in [2.75, 3.05) is 5.73 Å². The highest BCUT2D eigenvalue weighted by atomic mass is 79.9. The molecule has 0 heterocycles. The Balaban J connectivity index is 3.56. The molecule has 0 spiro atoms. The molecule has 1 aromatic rings. The maximum atomic E-state index is 12.9. The summed E-state index contributed by atoms with van der Waals surface area (Å²) in [5.41, 5.74) is 4.73. The maximum absolute atomic E-state index is 12.9. The highest BCUT2D eigenvalue weighted by Gasteiger charge is 2.21. The Morgan fingerprint density at radius 3 is 2.69 bits per heavy atom. The standard InChI is InChI=1S/C7H6BrFN2O2/c1-3-4(8)2-5(9)6(10)7(3)11(12)13/h2H,10H2,1H3. The van der Waals surface area contributed by atoms with Crippen LogP contribution < -0.4 is 5.73 Å². The van der Waals surface area contributed by atoms with Gasteiger partial charge in [0.15, 0.2) is 5.82 Å². The Hall–Kier alpha value is -1.17. The number of halogens is 2. The van der Waals surface area contributed by atoms with E-state index < -0.39 is 16.4 Å². The van der Waals surface area contributed by atoms with E-state index in [0.717, 1.165) is 6.07 Å². The average molecular weight is 249 g/mol. The molecule has 6 heteroatoms. The molecular formula is C7H6BrFN2O2. The van der Waals surface area contributed by atoms with E-state index in [2.05, 4.69) is 15.9 Å². The van der Waals surface area contributed by atoms with Crippen molar-refractivity contribution in [3.63, 3.8) is 0 Å². The van der Waals surface area contributed by atoms with Crippen LogP contribution in [0, 0.1) is 22.9 Å². The molecule has 0 bridgehead atoms. The van der Waals surface area contributed by atoms with E-state index in [1.807, 2.05) is 0 Å². The Morgan fingerprint density at radius 2 is 2.23 bits per heavy atom. The molecule has 1 aromatic carbocycles. The number of benzene rings is 1. The van der Waals surface area contributed by atoms with Crippen LogP contribution in [-0.2, 0) is 0 Å². The molecule has 0 aliphatic heterocycles. The van der Waals surface area contributed by atoms with Crippen LogP contribution in [0.25, 0.3) is 0 Å². The van der Waals surface area contributed by atoms with Crippen LogP contribution in [0.1, 0.15) is 5.56 Å². The second-order valence-corrected chi connectivity index (χ2v) is 3.34. The van der Waals surface area contributed by atoms with Crippen LogP contribution >= 0.6 is 15.9 Å². The van der Waals surface area contributed by atoms with Crippen LogP contribution in [0.3, 0.4) is 0 Å². The predicted octanol–water partition coefficient (Wildman–Crippen LogP) is 2.39. The SMILES string of the molecule is Cc1c(Br)cc(F)c(N)c1[N+](=O)[O-]. The van der Waals surface area contributed by atoms with Crippen LogP contribution in [0.2, 0.25) is 0 Å². The number of hydrogen-bond acceptors (Lipinski definition) is 3. The van der Waals surface area contributed by atoms with Gasteiger partial charge in [0.1, 0.15) is 5.69 Å². The van der Waals surface area contributed by atoms with Crippen LogP contribution in [0.4, 0.5) is 15.8 Å². The minimum atomic E-state index is -0.788. The number of anilines is 1. The fraction of sp³-hybridized carbons (Fsp3) is 0.143. The Labute approximate surface area is 81.8 Å². The fourth-order valence-corrected chi connectivity index (χ4v) is 1.35. The van der Waals surface area contributed by atoms with Gasteiger partial charge >= 0.3 is 0 Å². The van der Waals surface area contributed by atoms with Gasteiger partial charge in [-0.1, -0.05) is 15.9 Å². The van der Waals surface area contributed by atoms with Crippen molar-refractivity contribution in [3.8, 4) is 0 Å². The molecule has 0 aliphatic carbocycles. The Bertz CT molecular complexity index is 355. The number of nitrogens with zero attached hydrogens (tertiary/aromatic N) is 1. The summed E-state index contributed by atoms with van der Waals surface area (Å²) >= 11 is 3.00. The molecule has 0 saturated heterocycles. The lowest BCUT2D eigenvalue weighted by Gasteiger charge is -2.03. The monoisotopic (exact) mass is 248 g/mol. The molecule has 0 unspecified atom stereocenters. The summed E-state index contributed by atoms with van der Waals surface area (Å²) in [5.74, 6) is -0.788. The molecular weight excluding hydrogens is 243 g/mol. The van der Waals surface area contributed by atoms with E-state index in [9.17, 15) is 14.5 Å². The lowest BCUT2D eigenvalue weighted by molar-refractivity contribution is -0.384. The third-order valence-electron chi connectivity index (χ3n) is 1.66. The Kier molecular flexibility index (Phi) is 2.51. The molecule has 0 amide bonds. The summed E-state index contributed by atoms with van der Waals surface area (Å²) in [6, 6.07) is 1.11. The van der Waals surface area contributed by atoms with Gasteiger partial charge in [-0.05, 0) is 13.0 Å². The Morgan fingerprint density at radius 1 is 1.69 bits per heavy atom. The fourth-order valence-electron chi connectivity index (χ4n) is 0.961. The summed E-state index contributed by atoms with van der Waals surface area (Å²) < 4.78 is 13.3. The normalized spacial score (nSPS) is 10.1. The van der Waals surface area contributed by atoms with Gasteiger partial charge in [-0.15, -0.1) is 0 Å². The molecule has 0 aliphatic rings. The first-order chi connectivity index (χ1) is 5.95. The summed E-state index contributed by atoms with van der Waals surface area (Å²) in [5, 5.41) is 10.5. The quantitative estimate of drug-likeness (QED) is 0.472. The van der Waals surface area contributed by atoms with Gasteiger partial charge in [-0.3, -0.25) is 10.1 Å². The first-order valence-corrected chi connectivity index (χ1v) is 4.13. The minimum absolute atomic E-state index is 0.323. The van der Waals surface area contributed by atoms with Gasteiger partial charge in [0, 0.05) is 10.0 Å². The molecule has 0 fully saturated rings. The zero-order valence-corrected chi connectivity index (χ0v) is 8.26. The molecule has 1 rings (SSSR count). The second-order valence-electron chi connectivity index (χ2n) is 2.48. The largest absolute Gasteiger partial charge is 0.391 e. The van der Waals surface area contributed by atoms with Crippen molar-refractivity contribution in [1.29, 1.82) is 0 Å². The smallest absolute Gasteiger partial charge is 0.299 e. The highest BCUT2D eigenvalue weighted by molar-refractivity contribution is 9.10. The summed E-state index contributed by atoms with van der Waals surface area (Å²) in [7, 11) is 0. The van der Waals surface area contributed by atoms with Gasteiger partial charge in [-0.2, -0.15) is 0 Å². The maximum Gasteiger partial charge on any atom is 0.299 e. The second kappa shape index (κ2) is 3.29. The van der Waals surface area contributed by atoms with E-state index in [4.69, 9.17) is 5.73 Å². The molecule has 4 nitrogen and oxygen atoms in total. The predicted molar refractivity (Wildman–Crippen MR) is 49.9 cm³/mol. The van der Waals surface area contributed by atoms with Crippen LogP contribution in [-0.4, -0.2) is 4.92 Å². The number of hydrogen-bond donors (Lipinski definition) is 1. The van der Waals surface area contributed by atoms with Gasteiger partial charge in [0.2, 0.25) is 0 Å². The molecule has 13 heavy (non-hydrogen) atoms. The van der Waals surface area contributed by atoms with Crippen LogP contribution in [0.15, 0.2) is 10.5 Å². The van der Waals surface area contributed by atoms with E-state index in [1.54, 1.807) is 0 Å². The number of rotatable bonds is 1. The molecule has 70 valence electrons. The van der Waals surface area contributed by atoms with Gasteiger partial charge in [0.25, 0.3) is 5.69 Å². The lowest BCUT2D eigenvalue weighted by atomic mass is 10.1. The number of nitrogen functional groups attached to an aromatic ring is 1. The van der Waals surface area contributed by atoms with Crippen molar-refractivity contribution in [3.05, 3.63) is 32.0 Å². The molecule has 0 radical (unpaired) electrons. The van der Waals surface area contributed by atoms with E-state index in [0.29, 0.717) is 10.0 Å². The van der Waals surface area contributed by atoms with Crippen molar-refractivity contribution >= 4 is 27.3 Å². The molecule has 0 saturated carbocycles. The summed E-state index contributed by atoms with van der Waals surface area (Å²) in [4.78, 5) is 9.79. The van der Waals surface area contributed by atoms with Gasteiger partial charge in [-0.25, -0.2) is 4.39 Å². The van der Waals surface area contributed by atoms with Gasteiger partial charge < -0.3 is 5.73 Å². The van der Waals surface area contributed by atoms with Crippen molar-refractivity contribution in [1.82, 2.24) is 0 Å². The highest BCUT2D eigenvalue weighted by Crippen LogP contribution is 2.33. The summed E-state index contributed by atoms with van der Waals surface area (Å²) in [6.45, 7) is 1.50. The topological polar surface area (TPSA) is 69.2 Å². The van der Waals surface area contributed by atoms with Gasteiger partial charge in [0.05, 0.1) is 4.92 Å². The van der Waals surface area contributed by atoms with E-state index in [1.165, 1.54) is 6.92 Å². The lowest BCUT2D eigenvalue weighted by Crippen LogP contribution is -2.01.